The van der Waals surface area contributed by atoms with Crippen LogP contribution in [0, 0.1) is 11.6 Å². The van der Waals surface area contributed by atoms with E-state index >= 15 is 0 Å². The molecule has 112 valence electrons. The molecule has 0 saturated heterocycles. The molecular formula is C17H18ClF2N. The first-order valence-corrected chi connectivity index (χ1v) is 7.29. The minimum Gasteiger partial charge on any atom is -0.307 e. The first-order valence-electron chi connectivity index (χ1n) is 6.91. The number of halogens is 3. The molecule has 0 spiro atoms. The summed E-state index contributed by atoms with van der Waals surface area (Å²) in [5.41, 5.74) is 1.59. The molecule has 1 N–H and O–H groups in total. The second-order valence-electron chi connectivity index (χ2n) is 5.29. The number of hydrogen-bond acceptors (Lipinski definition) is 1. The summed E-state index contributed by atoms with van der Waals surface area (Å²) in [7, 11) is 0. The molecule has 0 aromatic heterocycles. The fourth-order valence-corrected chi connectivity index (χ4v) is 2.66. The van der Waals surface area contributed by atoms with Crippen LogP contribution < -0.4 is 5.32 Å². The van der Waals surface area contributed by atoms with E-state index in [0.717, 1.165) is 18.1 Å². The third-order valence-electron chi connectivity index (χ3n) is 3.39. The highest BCUT2D eigenvalue weighted by molar-refractivity contribution is 6.30. The summed E-state index contributed by atoms with van der Waals surface area (Å²) in [4.78, 5) is 0. The van der Waals surface area contributed by atoms with Crippen LogP contribution in [0.15, 0.2) is 42.5 Å². The van der Waals surface area contributed by atoms with Crippen LogP contribution >= 0.6 is 11.6 Å². The highest BCUT2D eigenvalue weighted by atomic mass is 35.5. The minimum atomic E-state index is -0.560. The third kappa shape index (κ3) is 4.51. The van der Waals surface area contributed by atoms with Crippen molar-refractivity contribution in [3.8, 4) is 0 Å². The van der Waals surface area contributed by atoms with E-state index < -0.39 is 11.6 Å². The summed E-state index contributed by atoms with van der Waals surface area (Å²) in [6.45, 7) is 3.89. The van der Waals surface area contributed by atoms with Gasteiger partial charge in [-0.25, -0.2) is 8.78 Å². The van der Waals surface area contributed by atoms with Gasteiger partial charge in [-0.05, 0) is 44.0 Å². The van der Waals surface area contributed by atoms with Crippen LogP contribution in [0.5, 0.6) is 0 Å². The lowest BCUT2D eigenvalue weighted by Gasteiger charge is -2.21. The Labute approximate surface area is 128 Å². The minimum absolute atomic E-state index is 0.142. The van der Waals surface area contributed by atoms with Gasteiger partial charge in [0, 0.05) is 28.7 Å². The summed E-state index contributed by atoms with van der Waals surface area (Å²) in [5, 5.41) is 4.02. The van der Waals surface area contributed by atoms with Crippen LogP contribution in [0.1, 0.15) is 31.0 Å². The normalized spacial score (nSPS) is 14.0. The Bertz CT molecular complexity index is 615. The molecule has 4 heteroatoms. The van der Waals surface area contributed by atoms with Gasteiger partial charge in [0.2, 0.25) is 0 Å². The van der Waals surface area contributed by atoms with Crippen LogP contribution in [0.4, 0.5) is 8.78 Å². The average Bonchev–Trinajstić information content (AvgIpc) is 2.38. The Balaban J connectivity index is 2.00. The molecule has 0 aliphatic carbocycles. The second-order valence-corrected chi connectivity index (χ2v) is 5.73. The molecule has 1 nitrogen and oxygen atoms in total. The first kappa shape index (κ1) is 15.9. The van der Waals surface area contributed by atoms with Crippen molar-refractivity contribution in [2.24, 2.45) is 0 Å². The van der Waals surface area contributed by atoms with Crippen molar-refractivity contribution in [2.75, 3.05) is 0 Å². The standard InChI is InChI=1S/C17H18ClF2N/c1-11(8-13-4-3-5-14(18)9-13)21-12(2)16-7-6-15(19)10-17(16)20/h3-7,9-12,21H,8H2,1-2H3. The van der Waals surface area contributed by atoms with E-state index in [1.165, 1.54) is 12.1 Å². The van der Waals surface area contributed by atoms with E-state index in [9.17, 15) is 8.78 Å². The molecule has 2 rings (SSSR count). The van der Waals surface area contributed by atoms with Gasteiger partial charge >= 0.3 is 0 Å². The molecule has 21 heavy (non-hydrogen) atoms. The van der Waals surface area contributed by atoms with Crippen LogP contribution in [0.2, 0.25) is 5.02 Å². The highest BCUT2D eigenvalue weighted by Crippen LogP contribution is 2.19. The fraction of sp³-hybridized carbons (Fsp3) is 0.294. The smallest absolute Gasteiger partial charge is 0.130 e. The van der Waals surface area contributed by atoms with Gasteiger partial charge in [0.1, 0.15) is 11.6 Å². The number of hydrogen-bond donors (Lipinski definition) is 1. The maximum atomic E-state index is 13.7. The van der Waals surface area contributed by atoms with Gasteiger partial charge in [-0.3, -0.25) is 0 Å². The topological polar surface area (TPSA) is 12.0 Å². The molecule has 0 amide bonds. The van der Waals surface area contributed by atoms with Crippen molar-refractivity contribution in [1.29, 1.82) is 0 Å². The third-order valence-corrected chi connectivity index (χ3v) is 3.63. The van der Waals surface area contributed by atoms with Gasteiger partial charge in [-0.15, -0.1) is 0 Å². The van der Waals surface area contributed by atoms with Gasteiger partial charge in [-0.1, -0.05) is 29.8 Å². The summed E-state index contributed by atoms with van der Waals surface area (Å²) in [6, 6.07) is 11.3. The van der Waals surface area contributed by atoms with Crippen LogP contribution in [0.25, 0.3) is 0 Å². The lowest BCUT2D eigenvalue weighted by atomic mass is 10.0. The van der Waals surface area contributed by atoms with Crippen molar-refractivity contribution in [3.63, 3.8) is 0 Å². The van der Waals surface area contributed by atoms with E-state index in [1.54, 1.807) is 0 Å². The van der Waals surface area contributed by atoms with E-state index in [2.05, 4.69) is 5.32 Å². The molecule has 0 saturated carbocycles. The number of benzene rings is 2. The van der Waals surface area contributed by atoms with Crippen molar-refractivity contribution in [1.82, 2.24) is 5.32 Å². The van der Waals surface area contributed by atoms with Crippen LogP contribution in [-0.2, 0) is 6.42 Å². The Morgan fingerprint density at radius 1 is 1.10 bits per heavy atom. The van der Waals surface area contributed by atoms with E-state index in [0.29, 0.717) is 10.6 Å². The molecule has 0 bridgehead atoms. The Morgan fingerprint density at radius 2 is 1.86 bits per heavy atom. The number of rotatable bonds is 5. The fourth-order valence-electron chi connectivity index (χ4n) is 2.45. The molecule has 0 radical (unpaired) electrons. The van der Waals surface area contributed by atoms with E-state index in [4.69, 9.17) is 11.6 Å². The molecular weight excluding hydrogens is 292 g/mol. The van der Waals surface area contributed by atoms with Gasteiger partial charge in [0.25, 0.3) is 0 Å². The monoisotopic (exact) mass is 309 g/mol. The molecule has 2 unspecified atom stereocenters. The largest absolute Gasteiger partial charge is 0.307 e. The Kier molecular flexibility index (Phi) is 5.32. The Morgan fingerprint density at radius 3 is 2.52 bits per heavy atom. The van der Waals surface area contributed by atoms with Gasteiger partial charge in [-0.2, -0.15) is 0 Å². The maximum absolute atomic E-state index is 13.7. The quantitative estimate of drug-likeness (QED) is 0.828. The predicted molar refractivity (Wildman–Crippen MR) is 82.5 cm³/mol. The van der Waals surface area contributed by atoms with Crippen molar-refractivity contribution in [3.05, 3.63) is 70.2 Å². The zero-order valence-corrected chi connectivity index (χ0v) is 12.8. The molecule has 2 atom stereocenters. The lowest BCUT2D eigenvalue weighted by molar-refractivity contribution is 0.458. The van der Waals surface area contributed by atoms with Gasteiger partial charge in [0.15, 0.2) is 0 Å². The van der Waals surface area contributed by atoms with Crippen LogP contribution in [-0.4, -0.2) is 6.04 Å². The summed E-state index contributed by atoms with van der Waals surface area (Å²) < 4.78 is 26.7. The van der Waals surface area contributed by atoms with E-state index in [1.807, 2.05) is 38.1 Å². The van der Waals surface area contributed by atoms with E-state index in [-0.39, 0.29) is 12.1 Å². The van der Waals surface area contributed by atoms with Crippen molar-refractivity contribution >= 4 is 11.6 Å². The predicted octanol–water partition coefficient (Wildman–Crippen LogP) is 4.90. The summed E-state index contributed by atoms with van der Waals surface area (Å²) in [6.07, 6.45) is 0.785. The van der Waals surface area contributed by atoms with Crippen molar-refractivity contribution in [2.45, 2.75) is 32.4 Å². The second kappa shape index (κ2) is 7.01. The summed E-state index contributed by atoms with van der Waals surface area (Å²) in [5.74, 6) is -1.08. The van der Waals surface area contributed by atoms with Crippen LogP contribution in [0.3, 0.4) is 0 Å². The summed E-state index contributed by atoms with van der Waals surface area (Å²) >= 11 is 5.96. The Hall–Kier alpha value is -1.45. The highest BCUT2D eigenvalue weighted by Gasteiger charge is 2.14. The van der Waals surface area contributed by atoms with Gasteiger partial charge < -0.3 is 5.32 Å². The molecule has 2 aromatic rings. The van der Waals surface area contributed by atoms with Crippen molar-refractivity contribution < 1.29 is 8.78 Å². The SMILES string of the molecule is CC(Cc1cccc(Cl)c1)NC(C)c1ccc(F)cc1F. The zero-order chi connectivity index (χ0) is 15.4. The lowest BCUT2D eigenvalue weighted by Crippen LogP contribution is -2.31. The molecule has 2 aromatic carbocycles. The molecule has 0 fully saturated rings. The zero-order valence-electron chi connectivity index (χ0n) is 12.0. The molecule has 0 aliphatic rings. The average molecular weight is 310 g/mol. The van der Waals surface area contributed by atoms with Gasteiger partial charge in [0.05, 0.1) is 0 Å². The molecule has 0 heterocycles. The molecule has 0 aliphatic heterocycles. The maximum Gasteiger partial charge on any atom is 0.130 e. The first-order chi connectivity index (χ1) is 9.95. The number of nitrogens with one attached hydrogen (secondary N) is 1.